The van der Waals surface area contributed by atoms with Crippen molar-refractivity contribution < 1.29 is 9.18 Å². The number of rotatable bonds is 3. The Kier molecular flexibility index (Phi) is 5.16. The lowest BCUT2D eigenvalue weighted by molar-refractivity contribution is -0.132. The minimum atomic E-state index is -0.309. The molecule has 0 bridgehead atoms. The molecule has 1 amide bonds. The second-order valence-electron chi connectivity index (χ2n) is 5.53. The molecular formula is C15H20BrFN2O. The van der Waals surface area contributed by atoms with Crippen LogP contribution in [0.3, 0.4) is 0 Å². The smallest absolute Gasteiger partial charge is 0.227 e. The number of nitrogens with zero attached hydrogens (tertiary/aromatic N) is 1. The van der Waals surface area contributed by atoms with Gasteiger partial charge < -0.3 is 10.6 Å². The fourth-order valence-corrected chi connectivity index (χ4v) is 3.03. The number of likely N-dealkylation sites (tertiary alicyclic amines) is 1. The maximum absolute atomic E-state index is 13.2. The standard InChI is InChI=1S/C15H20BrFN2O/c1-10(18)12-3-2-6-19(9-12)15(20)8-11-4-5-14(17)13(16)7-11/h4-5,7,10,12H,2-3,6,8-9,18H2,1H3/t10-,12+/m1/s1. The van der Waals surface area contributed by atoms with Crippen LogP contribution in [0.1, 0.15) is 25.3 Å². The molecule has 0 radical (unpaired) electrons. The number of carbonyl (C=O) groups is 1. The Morgan fingerprint density at radius 3 is 3.00 bits per heavy atom. The summed E-state index contributed by atoms with van der Waals surface area (Å²) in [6, 6.07) is 4.82. The van der Waals surface area contributed by atoms with E-state index in [1.807, 2.05) is 11.8 Å². The first-order chi connectivity index (χ1) is 9.47. The molecule has 0 aromatic heterocycles. The van der Waals surface area contributed by atoms with E-state index in [1.54, 1.807) is 12.1 Å². The molecular weight excluding hydrogens is 323 g/mol. The van der Waals surface area contributed by atoms with Crippen LogP contribution in [0.15, 0.2) is 22.7 Å². The molecule has 1 fully saturated rings. The molecule has 2 N–H and O–H groups in total. The van der Waals surface area contributed by atoms with Gasteiger partial charge in [0.15, 0.2) is 0 Å². The normalized spacial score (nSPS) is 20.8. The zero-order valence-corrected chi connectivity index (χ0v) is 13.2. The third-order valence-electron chi connectivity index (χ3n) is 3.89. The molecule has 0 spiro atoms. The van der Waals surface area contributed by atoms with Crippen molar-refractivity contribution in [3.63, 3.8) is 0 Å². The molecule has 0 unspecified atom stereocenters. The van der Waals surface area contributed by atoms with Gasteiger partial charge in [0.1, 0.15) is 5.82 Å². The Morgan fingerprint density at radius 1 is 1.60 bits per heavy atom. The molecule has 2 rings (SSSR count). The van der Waals surface area contributed by atoms with Crippen LogP contribution >= 0.6 is 15.9 Å². The summed E-state index contributed by atoms with van der Waals surface area (Å²) in [5.41, 5.74) is 6.76. The van der Waals surface area contributed by atoms with Crippen molar-refractivity contribution in [2.24, 2.45) is 11.7 Å². The van der Waals surface area contributed by atoms with Gasteiger partial charge in [-0.1, -0.05) is 6.07 Å². The molecule has 2 atom stereocenters. The zero-order valence-electron chi connectivity index (χ0n) is 11.6. The summed E-state index contributed by atoms with van der Waals surface area (Å²) in [6.07, 6.45) is 2.40. The predicted octanol–water partition coefficient (Wildman–Crippen LogP) is 2.72. The van der Waals surface area contributed by atoms with Crippen molar-refractivity contribution in [2.45, 2.75) is 32.2 Å². The number of piperidine rings is 1. The van der Waals surface area contributed by atoms with Crippen molar-refractivity contribution >= 4 is 21.8 Å². The van der Waals surface area contributed by atoms with E-state index in [0.717, 1.165) is 31.5 Å². The predicted molar refractivity (Wildman–Crippen MR) is 80.8 cm³/mol. The Hall–Kier alpha value is -0.940. The molecule has 1 aliphatic heterocycles. The van der Waals surface area contributed by atoms with E-state index < -0.39 is 0 Å². The van der Waals surface area contributed by atoms with Gasteiger partial charge in [0, 0.05) is 19.1 Å². The van der Waals surface area contributed by atoms with E-state index in [2.05, 4.69) is 15.9 Å². The first kappa shape index (κ1) is 15.4. The lowest BCUT2D eigenvalue weighted by atomic mass is 9.92. The summed E-state index contributed by atoms with van der Waals surface area (Å²) < 4.78 is 13.6. The van der Waals surface area contributed by atoms with Crippen LogP contribution in [0.5, 0.6) is 0 Å². The lowest BCUT2D eigenvalue weighted by Crippen LogP contribution is -2.45. The summed E-state index contributed by atoms with van der Waals surface area (Å²) in [4.78, 5) is 14.2. The fraction of sp³-hybridized carbons (Fsp3) is 0.533. The van der Waals surface area contributed by atoms with Crippen LogP contribution in [-0.2, 0) is 11.2 Å². The molecule has 1 aromatic carbocycles. The van der Waals surface area contributed by atoms with Gasteiger partial charge in [0.25, 0.3) is 0 Å². The van der Waals surface area contributed by atoms with Gasteiger partial charge >= 0.3 is 0 Å². The van der Waals surface area contributed by atoms with Gasteiger partial charge in [-0.15, -0.1) is 0 Å². The molecule has 1 aliphatic rings. The first-order valence-electron chi connectivity index (χ1n) is 6.94. The number of hydrogen-bond acceptors (Lipinski definition) is 2. The van der Waals surface area contributed by atoms with Crippen molar-refractivity contribution in [3.05, 3.63) is 34.1 Å². The maximum atomic E-state index is 13.2. The molecule has 110 valence electrons. The van der Waals surface area contributed by atoms with E-state index in [-0.39, 0.29) is 17.8 Å². The quantitative estimate of drug-likeness (QED) is 0.917. The molecule has 20 heavy (non-hydrogen) atoms. The highest BCUT2D eigenvalue weighted by molar-refractivity contribution is 9.10. The van der Waals surface area contributed by atoms with E-state index in [4.69, 9.17) is 5.73 Å². The summed E-state index contributed by atoms with van der Waals surface area (Å²) in [5.74, 6) is 0.165. The van der Waals surface area contributed by atoms with Crippen LogP contribution < -0.4 is 5.73 Å². The summed E-state index contributed by atoms with van der Waals surface area (Å²) in [7, 11) is 0. The van der Waals surface area contributed by atoms with Crippen LogP contribution in [0.2, 0.25) is 0 Å². The Morgan fingerprint density at radius 2 is 2.35 bits per heavy atom. The highest BCUT2D eigenvalue weighted by atomic mass is 79.9. The third-order valence-corrected chi connectivity index (χ3v) is 4.50. The number of amides is 1. The number of benzene rings is 1. The first-order valence-corrected chi connectivity index (χ1v) is 7.74. The van der Waals surface area contributed by atoms with Gasteiger partial charge in [0.2, 0.25) is 5.91 Å². The van der Waals surface area contributed by atoms with E-state index in [1.165, 1.54) is 6.07 Å². The molecule has 1 heterocycles. The Bertz CT molecular complexity index is 493. The van der Waals surface area contributed by atoms with E-state index in [0.29, 0.717) is 16.8 Å². The van der Waals surface area contributed by atoms with Crippen molar-refractivity contribution in [1.29, 1.82) is 0 Å². The van der Waals surface area contributed by atoms with Gasteiger partial charge in [0.05, 0.1) is 10.9 Å². The number of halogens is 2. The Labute approximate surface area is 127 Å². The summed E-state index contributed by atoms with van der Waals surface area (Å²) in [5, 5.41) is 0. The zero-order chi connectivity index (χ0) is 14.7. The van der Waals surface area contributed by atoms with Crippen LogP contribution in [0.25, 0.3) is 0 Å². The monoisotopic (exact) mass is 342 g/mol. The maximum Gasteiger partial charge on any atom is 0.227 e. The van der Waals surface area contributed by atoms with Crippen LogP contribution in [0.4, 0.5) is 4.39 Å². The van der Waals surface area contributed by atoms with Gasteiger partial charge in [-0.3, -0.25) is 4.79 Å². The minimum absolute atomic E-state index is 0.0915. The lowest BCUT2D eigenvalue weighted by Gasteiger charge is -2.34. The molecule has 1 aromatic rings. The SMILES string of the molecule is C[C@@H](N)[C@H]1CCCN(C(=O)Cc2ccc(F)c(Br)c2)C1. The second kappa shape index (κ2) is 6.68. The minimum Gasteiger partial charge on any atom is -0.342 e. The van der Waals surface area contributed by atoms with Crippen LogP contribution in [-0.4, -0.2) is 29.9 Å². The van der Waals surface area contributed by atoms with Gasteiger partial charge in [-0.25, -0.2) is 4.39 Å². The topological polar surface area (TPSA) is 46.3 Å². The molecule has 5 heteroatoms. The van der Waals surface area contributed by atoms with Crippen molar-refractivity contribution in [1.82, 2.24) is 4.90 Å². The number of nitrogens with two attached hydrogens (primary N) is 1. The fourth-order valence-electron chi connectivity index (χ4n) is 2.60. The summed E-state index contributed by atoms with van der Waals surface area (Å²) >= 11 is 3.14. The van der Waals surface area contributed by atoms with Crippen LogP contribution in [0, 0.1) is 11.7 Å². The molecule has 0 aliphatic carbocycles. The molecule has 0 saturated carbocycles. The largest absolute Gasteiger partial charge is 0.342 e. The van der Waals surface area contributed by atoms with Crippen molar-refractivity contribution in [2.75, 3.05) is 13.1 Å². The third kappa shape index (κ3) is 3.79. The molecule has 1 saturated heterocycles. The van der Waals surface area contributed by atoms with E-state index >= 15 is 0 Å². The average Bonchev–Trinajstić information content (AvgIpc) is 2.43. The highest BCUT2D eigenvalue weighted by Crippen LogP contribution is 2.21. The Balaban J connectivity index is 1.98. The highest BCUT2D eigenvalue weighted by Gasteiger charge is 2.25. The van der Waals surface area contributed by atoms with Gasteiger partial charge in [-0.2, -0.15) is 0 Å². The van der Waals surface area contributed by atoms with Gasteiger partial charge in [-0.05, 0) is 59.3 Å². The average molecular weight is 343 g/mol. The summed E-state index contributed by atoms with van der Waals surface area (Å²) in [6.45, 7) is 3.53. The molecule has 3 nitrogen and oxygen atoms in total. The van der Waals surface area contributed by atoms with Crippen molar-refractivity contribution in [3.8, 4) is 0 Å². The number of hydrogen-bond donors (Lipinski definition) is 1. The number of carbonyl (C=O) groups excluding carboxylic acids is 1. The second-order valence-corrected chi connectivity index (χ2v) is 6.38. The van der Waals surface area contributed by atoms with E-state index in [9.17, 15) is 9.18 Å².